The Hall–Kier alpha value is -2.30. The third-order valence-corrected chi connectivity index (χ3v) is 3.13. The molecule has 0 aliphatic carbocycles. The second kappa shape index (κ2) is 5.36. The highest BCUT2D eigenvalue weighted by atomic mass is 19.1. The van der Waals surface area contributed by atoms with Gasteiger partial charge < -0.3 is 14.8 Å². The molecule has 0 saturated carbocycles. The van der Waals surface area contributed by atoms with Gasteiger partial charge in [-0.2, -0.15) is 0 Å². The molecule has 0 bridgehead atoms. The number of carboxylic acid groups (broad SMARTS) is 1. The number of hydrogen-bond acceptors (Lipinski definition) is 3. The van der Waals surface area contributed by atoms with Crippen LogP contribution in [0.2, 0.25) is 0 Å². The number of benzene rings is 1. The summed E-state index contributed by atoms with van der Waals surface area (Å²) in [4.78, 5) is 10.8. The Morgan fingerprint density at radius 1 is 1.35 bits per heavy atom. The second-order valence-electron chi connectivity index (χ2n) is 4.73. The molecule has 0 fully saturated rings. The van der Waals surface area contributed by atoms with E-state index in [-0.39, 0.29) is 17.3 Å². The summed E-state index contributed by atoms with van der Waals surface area (Å²) in [5, 5.41) is 11.8. The van der Waals surface area contributed by atoms with Crippen LogP contribution in [0.4, 0.5) is 10.1 Å². The maximum atomic E-state index is 13.8. The Balaban J connectivity index is 2.22. The van der Waals surface area contributed by atoms with Gasteiger partial charge in [-0.1, -0.05) is 0 Å². The van der Waals surface area contributed by atoms with Crippen molar-refractivity contribution in [3.05, 3.63) is 52.7 Å². The Labute approximate surface area is 116 Å². The van der Waals surface area contributed by atoms with Crippen molar-refractivity contribution in [1.82, 2.24) is 0 Å². The predicted octanol–water partition coefficient (Wildman–Crippen LogP) is 3.91. The molecule has 1 atom stereocenters. The van der Waals surface area contributed by atoms with Gasteiger partial charge in [-0.3, -0.25) is 0 Å². The van der Waals surface area contributed by atoms with E-state index in [1.165, 1.54) is 12.1 Å². The fourth-order valence-electron chi connectivity index (χ4n) is 2.16. The Bertz CT molecular complexity index is 649. The minimum Gasteiger partial charge on any atom is -0.478 e. The normalized spacial score (nSPS) is 12.2. The zero-order valence-corrected chi connectivity index (χ0v) is 11.5. The van der Waals surface area contributed by atoms with Crippen LogP contribution < -0.4 is 5.32 Å². The van der Waals surface area contributed by atoms with Crippen LogP contribution in [0.15, 0.2) is 28.7 Å². The van der Waals surface area contributed by atoms with Gasteiger partial charge in [-0.25, -0.2) is 9.18 Å². The number of rotatable bonds is 4. The number of anilines is 1. The van der Waals surface area contributed by atoms with Crippen molar-refractivity contribution in [3.8, 4) is 0 Å². The summed E-state index contributed by atoms with van der Waals surface area (Å²) < 4.78 is 19.3. The summed E-state index contributed by atoms with van der Waals surface area (Å²) in [6, 6.07) is 5.56. The number of carboxylic acids is 1. The summed E-state index contributed by atoms with van der Waals surface area (Å²) in [6.07, 6.45) is 0. The minimum atomic E-state index is -1.15. The van der Waals surface area contributed by atoms with E-state index < -0.39 is 11.8 Å². The summed E-state index contributed by atoms with van der Waals surface area (Å²) in [6.45, 7) is 5.59. The smallest absolute Gasteiger partial charge is 0.335 e. The molecule has 1 unspecified atom stereocenters. The van der Waals surface area contributed by atoms with Crippen LogP contribution >= 0.6 is 0 Å². The van der Waals surface area contributed by atoms with E-state index in [9.17, 15) is 9.18 Å². The first kappa shape index (κ1) is 14.1. The maximum Gasteiger partial charge on any atom is 0.335 e. The second-order valence-corrected chi connectivity index (χ2v) is 4.73. The van der Waals surface area contributed by atoms with Crippen molar-refractivity contribution in [3.63, 3.8) is 0 Å². The van der Waals surface area contributed by atoms with E-state index in [1.807, 2.05) is 26.8 Å². The van der Waals surface area contributed by atoms with Crippen LogP contribution in [0.1, 0.15) is 40.4 Å². The highest BCUT2D eigenvalue weighted by Crippen LogP contribution is 2.26. The molecule has 4 nitrogen and oxygen atoms in total. The maximum absolute atomic E-state index is 13.8. The number of nitrogens with one attached hydrogen (secondary N) is 1. The SMILES string of the molecule is Cc1cc(C(C)Nc2ccc(C(=O)O)cc2F)c(C)o1. The highest BCUT2D eigenvalue weighted by molar-refractivity contribution is 5.88. The number of aromatic carboxylic acids is 1. The Morgan fingerprint density at radius 3 is 2.55 bits per heavy atom. The number of halogens is 1. The molecule has 2 N–H and O–H groups in total. The van der Waals surface area contributed by atoms with Gasteiger partial charge in [0.25, 0.3) is 0 Å². The summed E-state index contributed by atoms with van der Waals surface area (Å²) >= 11 is 0. The van der Waals surface area contributed by atoms with Crippen LogP contribution in [0, 0.1) is 19.7 Å². The third kappa shape index (κ3) is 2.82. The quantitative estimate of drug-likeness (QED) is 0.889. The molecule has 0 radical (unpaired) electrons. The fraction of sp³-hybridized carbons (Fsp3) is 0.267. The number of carbonyl (C=O) groups is 1. The van der Waals surface area contributed by atoms with Crippen molar-refractivity contribution in [2.45, 2.75) is 26.8 Å². The molecule has 106 valence electrons. The molecule has 0 spiro atoms. The minimum absolute atomic E-state index is 0.0731. The zero-order chi connectivity index (χ0) is 14.9. The van der Waals surface area contributed by atoms with Gasteiger partial charge >= 0.3 is 5.97 Å². The van der Waals surface area contributed by atoms with Gasteiger partial charge in [0.2, 0.25) is 0 Å². The summed E-state index contributed by atoms with van der Waals surface area (Å²) in [5.74, 6) is -0.155. The third-order valence-electron chi connectivity index (χ3n) is 3.13. The van der Waals surface area contributed by atoms with Gasteiger partial charge in [0, 0.05) is 5.56 Å². The lowest BCUT2D eigenvalue weighted by Gasteiger charge is -2.15. The van der Waals surface area contributed by atoms with Gasteiger partial charge in [0.05, 0.1) is 17.3 Å². The Kier molecular flexibility index (Phi) is 3.79. The number of aryl methyl sites for hydroxylation is 2. The molecule has 2 rings (SSSR count). The standard InChI is InChI=1S/C15H16FNO3/c1-8-6-12(10(3)20-8)9(2)17-14-5-4-11(15(18)19)7-13(14)16/h4-7,9,17H,1-3H3,(H,18,19). The topological polar surface area (TPSA) is 62.5 Å². The molecule has 2 aromatic rings. The fourth-order valence-corrected chi connectivity index (χ4v) is 2.16. The van der Waals surface area contributed by atoms with Crippen LogP contribution in [-0.4, -0.2) is 11.1 Å². The first-order chi connectivity index (χ1) is 9.38. The van der Waals surface area contributed by atoms with Gasteiger partial charge in [0.15, 0.2) is 0 Å². The predicted molar refractivity (Wildman–Crippen MR) is 73.6 cm³/mol. The molecule has 5 heteroatoms. The lowest BCUT2D eigenvalue weighted by molar-refractivity contribution is 0.0696. The molecular formula is C15H16FNO3. The first-order valence-electron chi connectivity index (χ1n) is 6.25. The van der Waals surface area contributed by atoms with Crippen LogP contribution in [0.5, 0.6) is 0 Å². The average Bonchev–Trinajstić information content (AvgIpc) is 2.70. The van der Waals surface area contributed by atoms with Crippen LogP contribution in [0.3, 0.4) is 0 Å². The largest absolute Gasteiger partial charge is 0.478 e. The highest BCUT2D eigenvalue weighted by Gasteiger charge is 2.15. The van der Waals surface area contributed by atoms with E-state index in [2.05, 4.69) is 5.32 Å². The van der Waals surface area contributed by atoms with E-state index in [0.717, 1.165) is 23.2 Å². The number of hydrogen-bond donors (Lipinski definition) is 2. The molecule has 1 aromatic carbocycles. The van der Waals surface area contributed by atoms with Crippen LogP contribution in [-0.2, 0) is 0 Å². The Morgan fingerprint density at radius 2 is 2.05 bits per heavy atom. The molecule has 0 amide bonds. The summed E-state index contributed by atoms with van der Waals surface area (Å²) in [5.41, 5.74) is 1.14. The van der Waals surface area contributed by atoms with E-state index >= 15 is 0 Å². The molecule has 0 aliphatic rings. The molecule has 0 aliphatic heterocycles. The van der Waals surface area contributed by atoms with Gasteiger partial charge in [0.1, 0.15) is 17.3 Å². The number of furan rings is 1. The molecule has 1 heterocycles. The molecule has 1 aromatic heterocycles. The van der Waals surface area contributed by atoms with E-state index in [4.69, 9.17) is 9.52 Å². The first-order valence-corrected chi connectivity index (χ1v) is 6.25. The lowest BCUT2D eigenvalue weighted by atomic mass is 10.1. The zero-order valence-electron chi connectivity index (χ0n) is 11.5. The summed E-state index contributed by atoms with van der Waals surface area (Å²) in [7, 11) is 0. The van der Waals surface area contributed by atoms with Gasteiger partial charge in [-0.05, 0) is 45.0 Å². The van der Waals surface area contributed by atoms with Crippen molar-refractivity contribution < 1.29 is 18.7 Å². The molecular weight excluding hydrogens is 261 g/mol. The average molecular weight is 277 g/mol. The lowest BCUT2D eigenvalue weighted by Crippen LogP contribution is -2.09. The van der Waals surface area contributed by atoms with Crippen molar-refractivity contribution in [1.29, 1.82) is 0 Å². The monoisotopic (exact) mass is 277 g/mol. The van der Waals surface area contributed by atoms with Crippen LogP contribution in [0.25, 0.3) is 0 Å². The van der Waals surface area contributed by atoms with Gasteiger partial charge in [-0.15, -0.1) is 0 Å². The van der Waals surface area contributed by atoms with E-state index in [1.54, 1.807) is 0 Å². The van der Waals surface area contributed by atoms with Crippen molar-refractivity contribution in [2.75, 3.05) is 5.32 Å². The molecule has 0 saturated heterocycles. The molecule has 20 heavy (non-hydrogen) atoms. The van der Waals surface area contributed by atoms with E-state index in [0.29, 0.717) is 0 Å². The van der Waals surface area contributed by atoms with Crippen molar-refractivity contribution >= 4 is 11.7 Å². The van der Waals surface area contributed by atoms with Crippen molar-refractivity contribution in [2.24, 2.45) is 0 Å².